The maximum Gasteiger partial charge on any atom is 0.272 e. The fourth-order valence-corrected chi connectivity index (χ4v) is 7.40. The van der Waals surface area contributed by atoms with E-state index in [1.54, 1.807) is 78.0 Å². The minimum atomic E-state index is -0.496. The van der Waals surface area contributed by atoms with Gasteiger partial charge < -0.3 is 35.3 Å². The number of fused-ring (bicyclic) bond motifs is 2. The summed E-state index contributed by atoms with van der Waals surface area (Å²) in [6, 6.07) is 15.8. The van der Waals surface area contributed by atoms with Crippen molar-refractivity contribution < 1.29 is 28.8 Å². The molecule has 4 amide bonds. The number of nitrogens with zero attached hydrogens (tertiary/aromatic N) is 3. The molecule has 56 heavy (non-hydrogen) atoms. The van der Waals surface area contributed by atoms with Crippen LogP contribution in [-0.2, 0) is 13.6 Å². The summed E-state index contributed by atoms with van der Waals surface area (Å²) in [6.45, 7) is 7.85. The number of aryl methyl sites for hydroxylation is 3. The number of amides is 4. The SMILES string of the molecule is Cc1sc(NC(=O)c2ccc3c(c2)C(=O)c2ccccc2C3=O)cc1C(=O)Nc1cc(C(=O)Nc2cc(C(=O)NCCCN(C)C)n(C)c2)n(CCC(C)C)c1. The van der Waals surface area contributed by atoms with Crippen LogP contribution in [0.25, 0.3) is 0 Å². The molecule has 5 aromatic rings. The first kappa shape index (κ1) is 39.6. The van der Waals surface area contributed by atoms with E-state index in [0.717, 1.165) is 19.4 Å². The summed E-state index contributed by atoms with van der Waals surface area (Å²) < 4.78 is 3.46. The van der Waals surface area contributed by atoms with Gasteiger partial charge in [0.2, 0.25) is 0 Å². The van der Waals surface area contributed by atoms with Gasteiger partial charge in [-0.3, -0.25) is 28.8 Å². The molecule has 0 spiro atoms. The first-order chi connectivity index (χ1) is 26.7. The molecule has 0 saturated carbocycles. The molecule has 0 aliphatic heterocycles. The molecule has 3 heterocycles. The highest BCUT2D eigenvalue weighted by Crippen LogP contribution is 2.31. The van der Waals surface area contributed by atoms with Crippen molar-refractivity contribution >= 4 is 62.9 Å². The first-order valence-corrected chi connectivity index (χ1v) is 19.2. The summed E-state index contributed by atoms with van der Waals surface area (Å²) >= 11 is 1.22. The van der Waals surface area contributed by atoms with Crippen LogP contribution in [0.4, 0.5) is 16.4 Å². The minimum absolute atomic E-state index is 0.166. The van der Waals surface area contributed by atoms with Crippen LogP contribution >= 0.6 is 11.3 Å². The summed E-state index contributed by atoms with van der Waals surface area (Å²) in [5.41, 5.74) is 3.21. The average molecular weight is 776 g/mol. The van der Waals surface area contributed by atoms with Gasteiger partial charge in [-0.1, -0.05) is 38.1 Å². The third-order valence-electron chi connectivity index (χ3n) is 9.48. The highest BCUT2D eigenvalue weighted by atomic mass is 32.1. The van der Waals surface area contributed by atoms with Crippen molar-refractivity contribution in [2.24, 2.45) is 13.0 Å². The summed E-state index contributed by atoms with van der Waals surface area (Å²) in [6.07, 6.45) is 5.00. The first-order valence-electron chi connectivity index (χ1n) is 18.4. The largest absolute Gasteiger partial charge is 0.351 e. The van der Waals surface area contributed by atoms with Crippen LogP contribution in [0.2, 0.25) is 0 Å². The molecule has 0 bridgehead atoms. The van der Waals surface area contributed by atoms with Crippen LogP contribution in [0.1, 0.15) is 105 Å². The molecule has 0 radical (unpaired) electrons. The number of benzene rings is 2. The van der Waals surface area contributed by atoms with E-state index in [1.165, 1.54) is 29.5 Å². The van der Waals surface area contributed by atoms with Crippen LogP contribution in [0.5, 0.6) is 0 Å². The van der Waals surface area contributed by atoms with Gasteiger partial charge in [-0.2, -0.15) is 0 Å². The lowest BCUT2D eigenvalue weighted by Gasteiger charge is -2.17. The van der Waals surface area contributed by atoms with Crippen molar-refractivity contribution in [2.45, 2.75) is 40.2 Å². The Morgan fingerprint density at radius 3 is 2.09 bits per heavy atom. The molecule has 2 aromatic carbocycles. The molecular formula is C42H45N7O6S. The minimum Gasteiger partial charge on any atom is -0.351 e. The molecule has 0 fully saturated rings. The molecule has 0 atom stereocenters. The van der Waals surface area contributed by atoms with E-state index in [0.29, 0.717) is 68.3 Å². The fourth-order valence-electron chi connectivity index (χ4n) is 6.49. The van der Waals surface area contributed by atoms with Gasteiger partial charge in [0.15, 0.2) is 11.6 Å². The zero-order valence-corrected chi connectivity index (χ0v) is 33.1. The maximum absolute atomic E-state index is 13.6. The van der Waals surface area contributed by atoms with Crippen LogP contribution in [-0.4, -0.2) is 76.4 Å². The number of hydrogen-bond acceptors (Lipinski definition) is 8. The molecule has 0 unspecified atom stereocenters. The van der Waals surface area contributed by atoms with E-state index in [4.69, 9.17) is 0 Å². The van der Waals surface area contributed by atoms with Gasteiger partial charge in [-0.15, -0.1) is 11.3 Å². The lowest BCUT2D eigenvalue weighted by Crippen LogP contribution is -2.28. The molecule has 0 saturated heterocycles. The number of anilines is 3. The van der Waals surface area contributed by atoms with Crippen molar-refractivity contribution in [3.8, 4) is 0 Å². The number of aromatic nitrogens is 2. The van der Waals surface area contributed by atoms with Gasteiger partial charge >= 0.3 is 0 Å². The zero-order chi connectivity index (χ0) is 40.3. The van der Waals surface area contributed by atoms with Gasteiger partial charge in [0.05, 0.1) is 21.9 Å². The average Bonchev–Trinajstić information content (AvgIpc) is 3.86. The van der Waals surface area contributed by atoms with Gasteiger partial charge in [0.1, 0.15) is 11.4 Å². The fraction of sp³-hybridized carbons (Fsp3) is 0.286. The molecule has 1 aliphatic rings. The van der Waals surface area contributed by atoms with E-state index >= 15 is 0 Å². The molecule has 3 aromatic heterocycles. The molecule has 1 aliphatic carbocycles. The Hall–Kier alpha value is -6.12. The summed E-state index contributed by atoms with van der Waals surface area (Å²) in [4.78, 5) is 82.2. The van der Waals surface area contributed by atoms with E-state index in [9.17, 15) is 28.8 Å². The molecule has 14 heteroatoms. The number of carbonyl (C=O) groups is 6. The van der Waals surface area contributed by atoms with Gasteiger partial charge in [0, 0.05) is 65.2 Å². The summed E-state index contributed by atoms with van der Waals surface area (Å²) in [5.74, 6) is -1.78. The lowest BCUT2D eigenvalue weighted by molar-refractivity contribution is 0.0941. The van der Waals surface area contributed by atoms with Gasteiger partial charge in [-0.25, -0.2) is 0 Å². The van der Waals surface area contributed by atoms with Crippen molar-refractivity contribution in [1.82, 2.24) is 19.4 Å². The maximum atomic E-state index is 13.6. The van der Waals surface area contributed by atoms with Crippen molar-refractivity contribution in [1.29, 1.82) is 0 Å². The van der Waals surface area contributed by atoms with E-state index in [2.05, 4.69) is 35.1 Å². The number of hydrogen-bond donors (Lipinski definition) is 4. The lowest BCUT2D eigenvalue weighted by atomic mass is 9.83. The van der Waals surface area contributed by atoms with Crippen molar-refractivity contribution in [3.05, 3.63) is 123 Å². The number of rotatable bonds is 14. The van der Waals surface area contributed by atoms with Gasteiger partial charge in [-0.05, 0) is 82.7 Å². The Labute approximate surface area is 329 Å². The smallest absolute Gasteiger partial charge is 0.272 e. The second kappa shape index (κ2) is 16.7. The normalized spacial score (nSPS) is 12.1. The second-order valence-corrected chi connectivity index (χ2v) is 15.8. The van der Waals surface area contributed by atoms with Crippen LogP contribution < -0.4 is 21.3 Å². The Balaban J connectivity index is 1.13. The van der Waals surface area contributed by atoms with Crippen molar-refractivity contribution in [3.63, 3.8) is 0 Å². The molecule has 4 N–H and O–H groups in total. The van der Waals surface area contributed by atoms with Crippen LogP contribution in [0.3, 0.4) is 0 Å². The number of carbonyl (C=O) groups excluding carboxylic acids is 6. The van der Waals surface area contributed by atoms with E-state index < -0.39 is 17.7 Å². The van der Waals surface area contributed by atoms with E-state index in [-0.39, 0.29) is 34.2 Å². The van der Waals surface area contributed by atoms with Crippen molar-refractivity contribution in [2.75, 3.05) is 43.1 Å². The highest BCUT2D eigenvalue weighted by molar-refractivity contribution is 7.16. The van der Waals surface area contributed by atoms with Crippen LogP contribution in [0, 0.1) is 12.8 Å². The summed E-state index contributed by atoms with van der Waals surface area (Å²) in [7, 11) is 5.69. The molecule has 13 nitrogen and oxygen atoms in total. The molecule has 6 rings (SSSR count). The quantitative estimate of drug-likeness (QED) is 0.0924. The Bertz CT molecular complexity index is 2370. The van der Waals surface area contributed by atoms with Crippen LogP contribution in [0.15, 0.2) is 73.1 Å². The Morgan fingerprint density at radius 1 is 0.750 bits per heavy atom. The summed E-state index contributed by atoms with van der Waals surface area (Å²) in [5, 5.41) is 12.0. The third kappa shape index (κ3) is 8.72. The van der Waals surface area contributed by atoms with E-state index in [1.807, 2.05) is 19.0 Å². The Kier molecular flexibility index (Phi) is 11.8. The number of nitrogens with one attached hydrogen (secondary N) is 4. The number of ketones is 2. The topological polar surface area (TPSA) is 164 Å². The van der Waals surface area contributed by atoms with Gasteiger partial charge in [0.25, 0.3) is 23.6 Å². The number of thiophene rings is 1. The second-order valence-electron chi connectivity index (χ2n) is 14.5. The predicted octanol–water partition coefficient (Wildman–Crippen LogP) is 6.46. The standard InChI is InChI=1S/C42H45N7O6S/c1-24(2)14-17-49-23-28(20-35(49)42(55)45-27-19-34(48(6)22-27)41(54)43-15-9-16-47(4)5)44-40(53)32-21-36(56-25(32)3)46-39(52)26-12-13-31-33(18-26)38(51)30-11-8-7-10-29(30)37(31)50/h7-8,10-13,18-24H,9,14-17H2,1-6H3,(H,43,54)(H,44,53)(H,45,55)(H,46,52). The Morgan fingerprint density at radius 2 is 1.39 bits per heavy atom. The predicted molar refractivity (Wildman–Crippen MR) is 217 cm³/mol. The molecule has 290 valence electrons. The molecular weight excluding hydrogens is 731 g/mol. The third-order valence-corrected chi connectivity index (χ3v) is 10.4. The highest BCUT2D eigenvalue weighted by Gasteiger charge is 2.30. The monoisotopic (exact) mass is 775 g/mol. The zero-order valence-electron chi connectivity index (χ0n) is 32.2.